The standard InChI is InChI=1S/C17H22O/c1-11-7-5-8-12-13(11)14(18)15-16(2,3)9-6-10-17(12,15)4/h5,7-8,15H,6,9-10H2,1-4H3. The number of Topliss-reactive ketones (excluding diaryl/α,β-unsaturated/α-hetero) is 1. The Morgan fingerprint density at radius 1 is 1.17 bits per heavy atom. The molecule has 96 valence electrons. The summed E-state index contributed by atoms with van der Waals surface area (Å²) in [4.78, 5) is 12.9. The minimum Gasteiger partial charge on any atom is -0.294 e. The largest absolute Gasteiger partial charge is 0.294 e. The number of benzene rings is 1. The van der Waals surface area contributed by atoms with Gasteiger partial charge in [0.15, 0.2) is 5.78 Å². The topological polar surface area (TPSA) is 17.1 Å². The highest BCUT2D eigenvalue weighted by Crippen LogP contribution is 2.58. The van der Waals surface area contributed by atoms with E-state index in [4.69, 9.17) is 0 Å². The molecule has 18 heavy (non-hydrogen) atoms. The minimum absolute atomic E-state index is 0.0696. The molecule has 0 N–H and O–H groups in total. The van der Waals surface area contributed by atoms with Gasteiger partial charge in [-0.05, 0) is 36.3 Å². The molecule has 1 nitrogen and oxygen atoms in total. The van der Waals surface area contributed by atoms with Gasteiger partial charge in [0.2, 0.25) is 0 Å². The molecule has 1 fully saturated rings. The first-order chi connectivity index (χ1) is 8.38. The van der Waals surface area contributed by atoms with Crippen LogP contribution in [0.2, 0.25) is 0 Å². The molecule has 2 unspecified atom stereocenters. The molecule has 1 saturated carbocycles. The highest BCUT2D eigenvalue weighted by molar-refractivity contribution is 6.05. The van der Waals surface area contributed by atoms with Gasteiger partial charge in [-0.15, -0.1) is 0 Å². The van der Waals surface area contributed by atoms with Crippen LogP contribution >= 0.6 is 0 Å². The average Bonchev–Trinajstić information content (AvgIpc) is 2.49. The third-order valence-corrected chi connectivity index (χ3v) is 5.33. The Morgan fingerprint density at radius 3 is 2.61 bits per heavy atom. The zero-order valence-electron chi connectivity index (χ0n) is 11.8. The van der Waals surface area contributed by atoms with Crippen molar-refractivity contribution in [3.8, 4) is 0 Å². The maximum atomic E-state index is 12.9. The minimum atomic E-state index is 0.0696. The summed E-state index contributed by atoms with van der Waals surface area (Å²) in [7, 11) is 0. The second-order valence-corrected chi connectivity index (χ2v) is 7.05. The maximum absolute atomic E-state index is 12.9. The van der Waals surface area contributed by atoms with Crippen LogP contribution in [0.4, 0.5) is 0 Å². The van der Waals surface area contributed by atoms with Crippen molar-refractivity contribution in [1.82, 2.24) is 0 Å². The summed E-state index contributed by atoms with van der Waals surface area (Å²) < 4.78 is 0. The van der Waals surface area contributed by atoms with Crippen LogP contribution in [0.3, 0.4) is 0 Å². The lowest BCUT2D eigenvalue weighted by atomic mass is 9.56. The Hall–Kier alpha value is -1.11. The van der Waals surface area contributed by atoms with Crippen LogP contribution in [-0.2, 0) is 5.41 Å². The number of rotatable bonds is 0. The van der Waals surface area contributed by atoms with E-state index in [1.54, 1.807) is 0 Å². The Balaban J connectivity index is 2.26. The van der Waals surface area contributed by atoms with Crippen molar-refractivity contribution in [3.05, 3.63) is 34.9 Å². The van der Waals surface area contributed by atoms with Gasteiger partial charge < -0.3 is 0 Å². The SMILES string of the molecule is Cc1cccc2c1C(=O)C1C(C)(C)CCCC21C. The Labute approximate surface area is 110 Å². The number of carbonyl (C=O) groups is 1. The second kappa shape index (κ2) is 3.46. The lowest BCUT2D eigenvalue weighted by Gasteiger charge is -2.46. The summed E-state index contributed by atoms with van der Waals surface area (Å²) in [5.74, 6) is 0.574. The number of fused-ring (bicyclic) bond motifs is 3. The molecular formula is C17H22O. The predicted octanol–water partition coefficient (Wildman–Crippen LogP) is 4.28. The van der Waals surface area contributed by atoms with Gasteiger partial charge in [-0.1, -0.05) is 45.4 Å². The van der Waals surface area contributed by atoms with Gasteiger partial charge in [0.05, 0.1) is 0 Å². The molecule has 0 saturated heterocycles. The van der Waals surface area contributed by atoms with E-state index in [1.807, 2.05) is 0 Å². The number of ketones is 1. The molecule has 0 spiro atoms. The van der Waals surface area contributed by atoms with E-state index in [1.165, 1.54) is 18.4 Å². The molecule has 3 rings (SSSR count). The predicted molar refractivity (Wildman–Crippen MR) is 74.0 cm³/mol. The normalized spacial score (nSPS) is 33.1. The number of hydrogen-bond acceptors (Lipinski definition) is 1. The van der Waals surface area contributed by atoms with Gasteiger partial charge in [0.25, 0.3) is 0 Å². The molecular weight excluding hydrogens is 220 g/mol. The van der Waals surface area contributed by atoms with Crippen molar-refractivity contribution in [2.45, 2.75) is 52.4 Å². The van der Waals surface area contributed by atoms with E-state index in [0.29, 0.717) is 5.78 Å². The van der Waals surface area contributed by atoms with Crippen molar-refractivity contribution < 1.29 is 4.79 Å². The van der Waals surface area contributed by atoms with Crippen LogP contribution < -0.4 is 0 Å². The highest BCUT2D eigenvalue weighted by Gasteiger charge is 2.56. The second-order valence-electron chi connectivity index (χ2n) is 7.05. The van der Waals surface area contributed by atoms with Gasteiger partial charge in [-0.25, -0.2) is 0 Å². The summed E-state index contributed by atoms with van der Waals surface area (Å²) in [6.07, 6.45) is 3.57. The lowest BCUT2D eigenvalue weighted by molar-refractivity contribution is 0.0500. The van der Waals surface area contributed by atoms with Crippen LogP contribution in [0.1, 0.15) is 61.5 Å². The first kappa shape index (κ1) is 12.0. The summed E-state index contributed by atoms with van der Waals surface area (Å²) in [5.41, 5.74) is 3.70. The monoisotopic (exact) mass is 242 g/mol. The molecule has 0 heterocycles. The van der Waals surface area contributed by atoms with Crippen molar-refractivity contribution in [2.75, 3.05) is 0 Å². The summed E-state index contributed by atoms with van der Waals surface area (Å²) in [5, 5.41) is 0. The van der Waals surface area contributed by atoms with E-state index >= 15 is 0 Å². The van der Waals surface area contributed by atoms with Gasteiger partial charge in [-0.3, -0.25) is 4.79 Å². The fourth-order valence-electron chi connectivity index (χ4n) is 4.61. The Bertz CT molecular complexity index is 526. The summed E-state index contributed by atoms with van der Waals surface area (Å²) >= 11 is 0. The van der Waals surface area contributed by atoms with Crippen LogP contribution in [0.5, 0.6) is 0 Å². The quantitative estimate of drug-likeness (QED) is 0.664. The zero-order chi connectivity index (χ0) is 13.1. The lowest BCUT2D eigenvalue weighted by Crippen LogP contribution is -2.44. The highest BCUT2D eigenvalue weighted by atomic mass is 16.1. The summed E-state index contributed by atoms with van der Waals surface area (Å²) in [6, 6.07) is 6.36. The van der Waals surface area contributed by atoms with Gasteiger partial charge in [0.1, 0.15) is 0 Å². The van der Waals surface area contributed by atoms with E-state index in [2.05, 4.69) is 45.9 Å². The number of aryl methyl sites for hydroxylation is 1. The van der Waals surface area contributed by atoms with Crippen LogP contribution in [0.15, 0.2) is 18.2 Å². The molecule has 0 amide bonds. The van der Waals surface area contributed by atoms with Crippen LogP contribution in [-0.4, -0.2) is 5.78 Å². The molecule has 1 aromatic rings. The molecule has 2 atom stereocenters. The van der Waals surface area contributed by atoms with E-state index in [0.717, 1.165) is 17.5 Å². The molecule has 1 aromatic carbocycles. The third kappa shape index (κ3) is 1.31. The fourth-order valence-corrected chi connectivity index (χ4v) is 4.61. The zero-order valence-corrected chi connectivity index (χ0v) is 11.8. The smallest absolute Gasteiger partial charge is 0.167 e. The molecule has 2 aliphatic rings. The summed E-state index contributed by atoms with van der Waals surface area (Å²) in [6.45, 7) is 8.93. The number of carbonyl (C=O) groups excluding carboxylic acids is 1. The van der Waals surface area contributed by atoms with Crippen molar-refractivity contribution in [3.63, 3.8) is 0 Å². The molecule has 0 bridgehead atoms. The maximum Gasteiger partial charge on any atom is 0.167 e. The van der Waals surface area contributed by atoms with E-state index in [9.17, 15) is 4.79 Å². The van der Waals surface area contributed by atoms with Crippen molar-refractivity contribution in [2.24, 2.45) is 11.3 Å². The molecule has 0 aliphatic heterocycles. The van der Waals surface area contributed by atoms with Gasteiger partial charge in [0, 0.05) is 16.9 Å². The number of hydrogen-bond donors (Lipinski definition) is 0. The van der Waals surface area contributed by atoms with Gasteiger partial charge >= 0.3 is 0 Å². The molecule has 1 heteroatoms. The van der Waals surface area contributed by atoms with Crippen LogP contribution in [0, 0.1) is 18.3 Å². The first-order valence-corrected chi connectivity index (χ1v) is 7.02. The molecule has 2 aliphatic carbocycles. The molecule has 0 radical (unpaired) electrons. The molecule has 0 aromatic heterocycles. The third-order valence-electron chi connectivity index (χ3n) is 5.33. The Morgan fingerprint density at radius 2 is 1.89 bits per heavy atom. The van der Waals surface area contributed by atoms with Crippen LogP contribution in [0.25, 0.3) is 0 Å². The fraction of sp³-hybridized carbons (Fsp3) is 0.588. The Kier molecular flexibility index (Phi) is 2.30. The van der Waals surface area contributed by atoms with E-state index in [-0.39, 0.29) is 16.7 Å². The van der Waals surface area contributed by atoms with E-state index < -0.39 is 0 Å². The average molecular weight is 242 g/mol. The van der Waals surface area contributed by atoms with Gasteiger partial charge in [-0.2, -0.15) is 0 Å². The van der Waals surface area contributed by atoms with Crippen molar-refractivity contribution in [1.29, 1.82) is 0 Å². The first-order valence-electron chi connectivity index (χ1n) is 7.02. The van der Waals surface area contributed by atoms with Crippen molar-refractivity contribution >= 4 is 5.78 Å².